The molecule has 0 saturated heterocycles. The van der Waals surface area contributed by atoms with Crippen molar-refractivity contribution in [3.05, 3.63) is 44.3 Å². The van der Waals surface area contributed by atoms with Crippen LogP contribution in [-0.2, 0) is 23.2 Å². The standard InChI is InChI=1S/C19H20BrN3O5/c1-3-28-18-21-23(19(27)22(18)2)10-11-9-12(20)7-8-13(11)17(26)16-14(24)5-4-6-15(16)25/h7-9,16H,3-6,10H2,1-2H3. The molecule has 1 heterocycles. The summed E-state index contributed by atoms with van der Waals surface area (Å²) in [5.74, 6) is -2.47. The van der Waals surface area contributed by atoms with Crippen LogP contribution in [0.2, 0.25) is 0 Å². The van der Waals surface area contributed by atoms with E-state index >= 15 is 0 Å². The van der Waals surface area contributed by atoms with Gasteiger partial charge in [0.15, 0.2) is 17.3 Å². The Balaban J connectivity index is 1.99. The normalized spacial score (nSPS) is 15.1. The molecular formula is C19H20BrN3O5. The predicted molar refractivity (Wildman–Crippen MR) is 104 cm³/mol. The number of ether oxygens (including phenoxy) is 1. The molecule has 1 saturated carbocycles. The number of aromatic nitrogens is 3. The third-order valence-corrected chi connectivity index (χ3v) is 5.17. The molecule has 1 aliphatic rings. The lowest BCUT2D eigenvalue weighted by atomic mass is 9.81. The lowest BCUT2D eigenvalue weighted by Crippen LogP contribution is -2.36. The Bertz CT molecular complexity index is 991. The fraction of sp³-hybridized carbons (Fsp3) is 0.421. The zero-order valence-corrected chi connectivity index (χ0v) is 17.2. The number of ketones is 3. The molecule has 1 aromatic carbocycles. The molecule has 0 atom stereocenters. The monoisotopic (exact) mass is 449 g/mol. The van der Waals surface area contributed by atoms with Crippen LogP contribution in [0.4, 0.5) is 0 Å². The first-order valence-electron chi connectivity index (χ1n) is 8.98. The molecule has 148 valence electrons. The Kier molecular flexibility index (Phi) is 5.93. The molecule has 8 nitrogen and oxygen atoms in total. The zero-order chi connectivity index (χ0) is 20.4. The number of carbonyl (C=O) groups is 3. The Morgan fingerprint density at radius 2 is 1.93 bits per heavy atom. The Hall–Kier alpha value is -2.55. The van der Waals surface area contributed by atoms with E-state index < -0.39 is 17.4 Å². The number of nitrogens with zero attached hydrogens (tertiary/aromatic N) is 3. The van der Waals surface area contributed by atoms with Crippen LogP contribution < -0.4 is 10.4 Å². The average molecular weight is 450 g/mol. The summed E-state index contributed by atoms with van der Waals surface area (Å²) >= 11 is 3.36. The highest BCUT2D eigenvalue weighted by Crippen LogP contribution is 2.25. The van der Waals surface area contributed by atoms with E-state index in [0.29, 0.717) is 23.1 Å². The fourth-order valence-electron chi connectivity index (χ4n) is 3.27. The molecule has 0 aliphatic heterocycles. The van der Waals surface area contributed by atoms with Crippen LogP contribution in [0.15, 0.2) is 27.5 Å². The van der Waals surface area contributed by atoms with Crippen molar-refractivity contribution in [1.29, 1.82) is 0 Å². The van der Waals surface area contributed by atoms with Gasteiger partial charge in [0.05, 0.1) is 13.2 Å². The summed E-state index contributed by atoms with van der Waals surface area (Å²) in [5, 5.41) is 4.15. The maximum atomic E-state index is 13.0. The third kappa shape index (κ3) is 3.84. The van der Waals surface area contributed by atoms with Crippen LogP contribution in [0.3, 0.4) is 0 Å². The van der Waals surface area contributed by atoms with Crippen LogP contribution >= 0.6 is 15.9 Å². The van der Waals surface area contributed by atoms with Crippen LogP contribution in [0.25, 0.3) is 0 Å². The van der Waals surface area contributed by atoms with E-state index in [1.54, 1.807) is 32.2 Å². The summed E-state index contributed by atoms with van der Waals surface area (Å²) in [6, 6.07) is 5.09. The van der Waals surface area contributed by atoms with E-state index in [0.717, 1.165) is 0 Å². The summed E-state index contributed by atoms with van der Waals surface area (Å²) in [6.45, 7) is 2.15. The molecule has 0 radical (unpaired) electrons. The quantitative estimate of drug-likeness (QED) is 0.493. The van der Waals surface area contributed by atoms with E-state index in [4.69, 9.17) is 4.74 Å². The van der Waals surface area contributed by atoms with Crippen molar-refractivity contribution in [2.24, 2.45) is 13.0 Å². The number of carbonyl (C=O) groups excluding carboxylic acids is 3. The van der Waals surface area contributed by atoms with Gasteiger partial charge in [-0.15, -0.1) is 5.10 Å². The average Bonchev–Trinajstić information content (AvgIpc) is 2.90. The first-order chi connectivity index (χ1) is 13.3. The summed E-state index contributed by atoms with van der Waals surface area (Å²) < 4.78 is 8.49. The summed E-state index contributed by atoms with van der Waals surface area (Å²) in [4.78, 5) is 49.8. The number of Topliss-reactive ketones (excluding diaryl/α,β-unsaturated/α-hetero) is 3. The van der Waals surface area contributed by atoms with Crippen molar-refractivity contribution >= 4 is 33.3 Å². The maximum Gasteiger partial charge on any atom is 0.348 e. The molecule has 0 unspecified atom stereocenters. The predicted octanol–water partition coefficient (Wildman–Crippen LogP) is 1.91. The van der Waals surface area contributed by atoms with Gasteiger partial charge in [-0.1, -0.05) is 15.9 Å². The first-order valence-corrected chi connectivity index (χ1v) is 9.77. The first kappa shape index (κ1) is 20.2. The lowest BCUT2D eigenvalue weighted by molar-refractivity contribution is -0.133. The van der Waals surface area contributed by atoms with Gasteiger partial charge >= 0.3 is 11.7 Å². The van der Waals surface area contributed by atoms with Gasteiger partial charge in [0.25, 0.3) is 0 Å². The topological polar surface area (TPSA) is 100 Å². The molecule has 2 aromatic rings. The van der Waals surface area contributed by atoms with Crippen molar-refractivity contribution in [2.75, 3.05) is 6.61 Å². The summed E-state index contributed by atoms with van der Waals surface area (Å²) in [7, 11) is 1.54. The SMILES string of the molecule is CCOc1nn(Cc2cc(Br)ccc2C(=O)C2C(=O)CCCC2=O)c(=O)n1C. The molecule has 9 heteroatoms. The number of hydrogen-bond donors (Lipinski definition) is 0. The Morgan fingerprint density at radius 1 is 1.25 bits per heavy atom. The third-order valence-electron chi connectivity index (χ3n) is 4.68. The Labute approximate surface area is 169 Å². The van der Waals surface area contributed by atoms with E-state index in [1.807, 2.05) is 0 Å². The van der Waals surface area contributed by atoms with Gasteiger partial charge in [-0.25, -0.2) is 14.0 Å². The second kappa shape index (κ2) is 8.22. The molecule has 0 N–H and O–H groups in total. The molecule has 1 aliphatic carbocycles. The molecule has 28 heavy (non-hydrogen) atoms. The molecular weight excluding hydrogens is 430 g/mol. The Morgan fingerprint density at radius 3 is 2.57 bits per heavy atom. The summed E-state index contributed by atoms with van der Waals surface area (Å²) in [5.41, 5.74) is 0.341. The molecule has 0 amide bonds. The van der Waals surface area contributed by atoms with Crippen molar-refractivity contribution in [1.82, 2.24) is 14.3 Å². The van der Waals surface area contributed by atoms with Gasteiger partial charge in [-0.2, -0.15) is 0 Å². The zero-order valence-electron chi connectivity index (χ0n) is 15.6. The minimum Gasteiger partial charge on any atom is -0.464 e. The smallest absolute Gasteiger partial charge is 0.348 e. The van der Waals surface area contributed by atoms with Gasteiger partial charge in [-0.3, -0.25) is 14.4 Å². The van der Waals surface area contributed by atoms with Crippen molar-refractivity contribution in [3.8, 4) is 6.01 Å². The maximum absolute atomic E-state index is 13.0. The minimum atomic E-state index is -1.26. The molecule has 1 aromatic heterocycles. The van der Waals surface area contributed by atoms with Crippen molar-refractivity contribution in [2.45, 2.75) is 32.7 Å². The fourth-order valence-corrected chi connectivity index (χ4v) is 3.68. The van der Waals surface area contributed by atoms with Crippen molar-refractivity contribution in [3.63, 3.8) is 0 Å². The highest BCUT2D eigenvalue weighted by molar-refractivity contribution is 9.10. The van der Waals surface area contributed by atoms with Gasteiger partial charge in [0, 0.05) is 29.9 Å². The minimum absolute atomic E-state index is 0.00929. The number of halogens is 1. The van der Waals surface area contributed by atoms with E-state index in [-0.39, 0.29) is 42.5 Å². The highest BCUT2D eigenvalue weighted by Gasteiger charge is 2.37. The van der Waals surface area contributed by atoms with Crippen LogP contribution in [-0.4, -0.2) is 38.3 Å². The molecule has 1 fully saturated rings. The second-order valence-corrected chi connectivity index (χ2v) is 7.52. The lowest BCUT2D eigenvalue weighted by Gasteiger charge is -2.19. The number of rotatable bonds is 6. The van der Waals surface area contributed by atoms with Crippen molar-refractivity contribution < 1.29 is 19.1 Å². The molecule has 3 rings (SSSR count). The molecule has 0 spiro atoms. The van der Waals surface area contributed by atoms with Gasteiger partial charge in [0.1, 0.15) is 5.92 Å². The van der Waals surface area contributed by atoms with E-state index in [1.165, 1.54) is 9.25 Å². The van der Waals surface area contributed by atoms with Crippen LogP contribution in [0.5, 0.6) is 6.01 Å². The molecule has 0 bridgehead atoms. The largest absolute Gasteiger partial charge is 0.464 e. The van der Waals surface area contributed by atoms with Gasteiger partial charge < -0.3 is 4.74 Å². The second-order valence-electron chi connectivity index (χ2n) is 6.60. The van der Waals surface area contributed by atoms with Crippen LogP contribution in [0, 0.1) is 5.92 Å². The van der Waals surface area contributed by atoms with E-state index in [9.17, 15) is 19.2 Å². The van der Waals surface area contributed by atoms with Gasteiger partial charge in [0.2, 0.25) is 0 Å². The van der Waals surface area contributed by atoms with E-state index in [2.05, 4.69) is 21.0 Å². The number of hydrogen-bond acceptors (Lipinski definition) is 6. The highest BCUT2D eigenvalue weighted by atomic mass is 79.9. The van der Waals surface area contributed by atoms with Gasteiger partial charge in [-0.05, 0) is 37.1 Å². The number of benzene rings is 1. The van der Waals surface area contributed by atoms with Crippen LogP contribution in [0.1, 0.15) is 42.1 Å². The summed E-state index contributed by atoms with van der Waals surface area (Å²) in [6.07, 6.45) is 0.940.